The van der Waals surface area contributed by atoms with Crippen LogP contribution in [-0.2, 0) is 0 Å². The zero-order valence-corrected chi connectivity index (χ0v) is 9.32. The van der Waals surface area contributed by atoms with Crippen molar-refractivity contribution in [2.24, 2.45) is 0 Å². The predicted molar refractivity (Wildman–Crippen MR) is 59.3 cm³/mol. The molecule has 1 aromatic rings. The summed E-state index contributed by atoms with van der Waals surface area (Å²) in [6, 6.07) is 0. The molecule has 0 spiro atoms. The summed E-state index contributed by atoms with van der Waals surface area (Å²) in [5, 5.41) is 8.56. The van der Waals surface area contributed by atoms with Gasteiger partial charge in [-0.25, -0.2) is 0 Å². The van der Waals surface area contributed by atoms with Gasteiger partial charge in [0.2, 0.25) is 0 Å². The highest BCUT2D eigenvalue weighted by molar-refractivity contribution is 8.00. The quantitative estimate of drug-likeness (QED) is 0.777. The first-order valence-electron chi connectivity index (χ1n) is 3.87. The average molecular weight is 217 g/mol. The van der Waals surface area contributed by atoms with E-state index in [0.717, 1.165) is 6.54 Å². The lowest BCUT2D eigenvalue weighted by Crippen LogP contribution is -2.18. The molecule has 0 saturated heterocycles. The second-order valence-electron chi connectivity index (χ2n) is 2.61. The van der Waals surface area contributed by atoms with E-state index in [2.05, 4.69) is 22.3 Å². The van der Waals surface area contributed by atoms with Gasteiger partial charge in [-0.1, -0.05) is 0 Å². The van der Waals surface area contributed by atoms with E-state index in [-0.39, 0.29) is 0 Å². The smallest absolute Gasteiger partial charge is 0.0805 e. The topological polar surface area (TPSA) is 12.0 Å². The number of fused-ring (bicyclic) bond motifs is 1. The molecular weight excluding hydrogens is 206 g/mol. The number of thioether (sulfide) groups is 2. The third kappa shape index (κ3) is 1.66. The Bertz CT molecular complexity index is 259. The van der Waals surface area contributed by atoms with E-state index in [1.807, 2.05) is 34.9 Å². The van der Waals surface area contributed by atoms with E-state index in [0.29, 0.717) is 5.37 Å². The Hall–Kier alpha value is 0.360. The number of nitrogens with one attached hydrogen (secondary N) is 1. The highest BCUT2D eigenvalue weighted by atomic mass is 32.2. The van der Waals surface area contributed by atoms with Gasteiger partial charge in [0.05, 0.1) is 5.37 Å². The van der Waals surface area contributed by atoms with Crippen molar-refractivity contribution in [1.29, 1.82) is 0 Å². The summed E-state index contributed by atoms with van der Waals surface area (Å²) in [6.07, 6.45) is 2.16. The van der Waals surface area contributed by atoms with Gasteiger partial charge in [-0.15, -0.1) is 23.5 Å². The summed E-state index contributed by atoms with van der Waals surface area (Å²) in [5.74, 6) is 1.20. The molecule has 66 valence electrons. The average Bonchev–Trinajstić information content (AvgIpc) is 2.46. The molecule has 1 aliphatic heterocycles. The maximum Gasteiger partial charge on any atom is 0.0805 e. The number of rotatable bonds is 1. The standard InChI is InChI=1S/C8H11NS3/c1-10-8-6-4-11-5-7(6)12-3-2-9-8/h4-5,8-9H,2-3H2,1H3. The van der Waals surface area contributed by atoms with E-state index in [1.54, 1.807) is 0 Å². The Morgan fingerprint density at radius 2 is 2.50 bits per heavy atom. The fourth-order valence-electron chi connectivity index (χ4n) is 1.27. The molecule has 12 heavy (non-hydrogen) atoms. The van der Waals surface area contributed by atoms with Crippen molar-refractivity contribution in [3.63, 3.8) is 0 Å². The highest BCUT2D eigenvalue weighted by Crippen LogP contribution is 2.37. The minimum Gasteiger partial charge on any atom is -0.301 e. The van der Waals surface area contributed by atoms with Crippen molar-refractivity contribution < 1.29 is 0 Å². The summed E-state index contributed by atoms with van der Waals surface area (Å²) in [7, 11) is 0. The molecule has 1 unspecified atom stereocenters. The number of hydrogen-bond acceptors (Lipinski definition) is 4. The van der Waals surface area contributed by atoms with Gasteiger partial charge in [-0.3, -0.25) is 0 Å². The van der Waals surface area contributed by atoms with Gasteiger partial charge in [0.25, 0.3) is 0 Å². The van der Waals surface area contributed by atoms with Crippen molar-refractivity contribution in [1.82, 2.24) is 5.32 Å². The van der Waals surface area contributed by atoms with Crippen molar-refractivity contribution in [3.05, 3.63) is 16.3 Å². The Balaban J connectivity index is 2.29. The zero-order chi connectivity index (χ0) is 8.39. The fourth-order valence-corrected chi connectivity index (χ4v) is 4.20. The minimum atomic E-state index is 0.515. The lowest BCUT2D eigenvalue weighted by atomic mass is 10.3. The second kappa shape index (κ2) is 4.05. The summed E-state index contributed by atoms with van der Waals surface area (Å²) in [4.78, 5) is 1.48. The van der Waals surface area contributed by atoms with Crippen molar-refractivity contribution in [3.8, 4) is 0 Å². The van der Waals surface area contributed by atoms with Crippen LogP contribution in [0.3, 0.4) is 0 Å². The Kier molecular flexibility index (Phi) is 3.01. The van der Waals surface area contributed by atoms with Crippen LogP contribution in [0.1, 0.15) is 10.9 Å². The van der Waals surface area contributed by atoms with Crippen molar-refractivity contribution >= 4 is 34.9 Å². The molecule has 2 rings (SSSR count). The summed E-state index contributed by atoms with van der Waals surface area (Å²) >= 11 is 5.67. The molecule has 0 aliphatic carbocycles. The first-order chi connectivity index (χ1) is 5.92. The van der Waals surface area contributed by atoms with Crippen LogP contribution in [0.4, 0.5) is 0 Å². The molecule has 1 aliphatic rings. The molecular formula is C8H11NS3. The molecule has 4 heteroatoms. The lowest BCUT2D eigenvalue weighted by molar-refractivity contribution is 0.718. The molecule has 0 saturated carbocycles. The molecule has 0 aromatic carbocycles. The molecule has 1 atom stereocenters. The van der Waals surface area contributed by atoms with Gasteiger partial charge < -0.3 is 5.32 Å². The Morgan fingerprint density at radius 3 is 3.33 bits per heavy atom. The Labute approximate surface area is 85.3 Å². The monoisotopic (exact) mass is 217 g/mol. The zero-order valence-electron chi connectivity index (χ0n) is 6.87. The maximum atomic E-state index is 3.52. The van der Waals surface area contributed by atoms with Crippen LogP contribution in [0, 0.1) is 0 Å². The molecule has 1 aromatic heterocycles. The molecule has 1 N–H and O–H groups in total. The maximum absolute atomic E-state index is 3.52. The van der Waals surface area contributed by atoms with Gasteiger partial charge in [0.1, 0.15) is 0 Å². The molecule has 2 heterocycles. The SMILES string of the molecule is CSC1NCCSc2cscc21. The van der Waals surface area contributed by atoms with Crippen LogP contribution < -0.4 is 5.32 Å². The van der Waals surface area contributed by atoms with E-state index < -0.39 is 0 Å². The third-order valence-corrected chi connectivity index (χ3v) is 4.74. The predicted octanol–water partition coefficient (Wildman–Crippen LogP) is 2.81. The van der Waals surface area contributed by atoms with Gasteiger partial charge in [0, 0.05) is 28.1 Å². The van der Waals surface area contributed by atoms with Gasteiger partial charge in [0.15, 0.2) is 0 Å². The largest absolute Gasteiger partial charge is 0.301 e. The normalized spacial score (nSPS) is 23.2. The van der Waals surface area contributed by atoms with Crippen LogP contribution in [0.5, 0.6) is 0 Å². The molecule has 1 nitrogen and oxygen atoms in total. The molecule has 0 amide bonds. The summed E-state index contributed by atoms with van der Waals surface area (Å²) in [5.41, 5.74) is 1.48. The van der Waals surface area contributed by atoms with E-state index in [1.165, 1.54) is 16.2 Å². The van der Waals surface area contributed by atoms with Gasteiger partial charge in [-0.2, -0.15) is 11.3 Å². The fraction of sp³-hybridized carbons (Fsp3) is 0.500. The lowest BCUT2D eigenvalue weighted by Gasteiger charge is -2.12. The first-order valence-corrected chi connectivity index (χ1v) is 7.08. The van der Waals surface area contributed by atoms with E-state index in [4.69, 9.17) is 0 Å². The van der Waals surface area contributed by atoms with Crippen LogP contribution in [-0.4, -0.2) is 18.6 Å². The van der Waals surface area contributed by atoms with Crippen LogP contribution >= 0.6 is 34.9 Å². The third-order valence-electron chi connectivity index (χ3n) is 1.86. The summed E-state index contributed by atoms with van der Waals surface area (Å²) in [6.45, 7) is 1.12. The number of thiophene rings is 1. The second-order valence-corrected chi connectivity index (χ2v) is 5.43. The van der Waals surface area contributed by atoms with E-state index >= 15 is 0 Å². The Morgan fingerprint density at radius 1 is 1.58 bits per heavy atom. The van der Waals surface area contributed by atoms with Gasteiger partial charge in [-0.05, 0) is 11.6 Å². The number of hydrogen-bond donors (Lipinski definition) is 1. The molecule has 0 bridgehead atoms. The minimum absolute atomic E-state index is 0.515. The molecule has 0 radical (unpaired) electrons. The highest BCUT2D eigenvalue weighted by Gasteiger charge is 2.17. The van der Waals surface area contributed by atoms with Crippen molar-refractivity contribution in [2.45, 2.75) is 10.3 Å². The van der Waals surface area contributed by atoms with Crippen LogP contribution in [0.2, 0.25) is 0 Å². The van der Waals surface area contributed by atoms with Crippen LogP contribution in [0.15, 0.2) is 15.7 Å². The van der Waals surface area contributed by atoms with Crippen molar-refractivity contribution in [2.75, 3.05) is 18.6 Å². The molecule has 0 fully saturated rings. The van der Waals surface area contributed by atoms with E-state index in [9.17, 15) is 0 Å². The summed E-state index contributed by atoms with van der Waals surface area (Å²) < 4.78 is 0. The first kappa shape index (κ1) is 8.94. The van der Waals surface area contributed by atoms with Crippen LogP contribution in [0.25, 0.3) is 0 Å². The van der Waals surface area contributed by atoms with Gasteiger partial charge >= 0.3 is 0 Å².